The molecule has 1 N–H and O–H groups in total. The topological polar surface area (TPSA) is 24.9 Å². The van der Waals surface area contributed by atoms with Crippen LogP contribution in [0.25, 0.3) is 32.8 Å². The number of pyridine rings is 1. The predicted octanol–water partition coefficient (Wildman–Crippen LogP) is 9.38. The number of fused-ring (bicyclic) bond motifs is 3. The van der Waals surface area contributed by atoms with Crippen LogP contribution in [-0.2, 0) is 12.8 Å². The molecule has 0 saturated heterocycles. The summed E-state index contributed by atoms with van der Waals surface area (Å²) in [6.45, 7) is 4.46. The van der Waals surface area contributed by atoms with Gasteiger partial charge >= 0.3 is 0 Å². The van der Waals surface area contributed by atoms with Crippen molar-refractivity contribution in [2.75, 3.05) is 5.32 Å². The molecule has 0 aliphatic carbocycles. The van der Waals surface area contributed by atoms with Crippen LogP contribution >= 0.6 is 0 Å². The summed E-state index contributed by atoms with van der Waals surface area (Å²) in [6.07, 6.45) is 1.94. The summed E-state index contributed by atoms with van der Waals surface area (Å²) in [5, 5.41) is 9.07. The molecule has 1 heterocycles. The van der Waals surface area contributed by atoms with Crippen LogP contribution in [-0.4, -0.2) is 4.98 Å². The first-order chi connectivity index (χ1) is 18.8. The Morgan fingerprint density at radius 3 is 1.97 bits per heavy atom. The lowest BCUT2D eigenvalue weighted by atomic mass is 9.91. The maximum absolute atomic E-state index is 5.25. The van der Waals surface area contributed by atoms with E-state index < -0.39 is 0 Å². The average molecular weight is 493 g/mol. The lowest BCUT2D eigenvalue weighted by Crippen LogP contribution is -2.17. The Bertz CT molecular complexity index is 1700. The summed E-state index contributed by atoms with van der Waals surface area (Å²) in [6, 6.07) is 43.2. The molecule has 2 nitrogen and oxygen atoms in total. The molecular weight excluding hydrogens is 460 g/mol. The van der Waals surface area contributed by atoms with Crippen LogP contribution in [0.4, 0.5) is 5.69 Å². The quantitative estimate of drug-likeness (QED) is 0.225. The van der Waals surface area contributed by atoms with Gasteiger partial charge in [0, 0.05) is 11.3 Å². The Hall–Kier alpha value is -4.43. The van der Waals surface area contributed by atoms with Gasteiger partial charge in [-0.2, -0.15) is 0 Å². The van der Waals surface area contributed by atoms with Crippen molar-refractivity contribution in [3.8, 4) is 11.3 Å². The highest BCUT2D eigenvalue weighted by molar-refractivity contribution is 6.09. The second-order valence-electron chi connectivity index (χ2n) is 9.78. The third kappa shape index (κ3) is 4.43. The molecule has 1 atom stereocenters. The van der Waals surface area contributed by atoms with Crippen molar-refractivity contribution < 1.29 is 0 Å². The molecular formula is C36H32N2. The normalized spacial score (nSPS) is 12.1. The molecule has 6 aromatic rings. The highest BCUT2D eigenvalue weighted by atomic mass is 15.0. The minimum Gasteiger partial charge on any atom is -0.372 e. The maximum atomic E-state index is 5.25. The molecule has 0 fully saturated rings. The zero-order valence-corrected chi connectivity index (χ0v) is 22.0. The largest absolute Gasteiger partial charge is 0.372 e. The fourth-order valence-corrected chi connectivity index (χ4v) is 5.59. The smallest absolute Gasteiger partial charge is 0.0946 e. The highest BCUT2D eigenvalue weighted by Gasteiger charge is 2.22. The number of hydrogen-bond acceptors (Lipinski definition) is 2. The highest BCUT2D eigenvalue weighted by Crippen LogP contribution is 2.38. The van der Waals surface area contributed by atoms with Gasteiger partial charge in [0.1, 0.15) is 0 Å². The Morgan fingerprint density at radius 2 is 1.24 bits per heavy atom. The van der Waals surface area contributed by atoms with Crippen molar-refractivity contribution in [3.63, 3.8) is 0 Å². The molecule has 0 radical (unpaired) electrons. The minimum absolute atomic E-state index is 0.119. The second-order valence-corrected chi connectivity index (χ2v) is 9.78. The number of hydrogen-bond donors (Lipinski definition) is 1. The zero-order valence-electron chi connectivity index (χ0n) is 22.0. The van der Waals surface area contributed by atoms with Crippen molar-refractivity contribution in [1.82, 2.24) is 4.98 Å². The molecule has 0 bridgehead atoms. The fourth-order valence-electron chi connectivity index (χ4n) is 5.59. The van der Waals surface area contributed by atoms with Crippen LogP contribution in [0.3, 0.4) is 0 Å². The van der Waals surface area contributed by atoms with Crippen molar-refractivity contribution in [3.05, 3.63) is 144 Å². The Morgan fingerprint density at radius 1 is 0.605 bits per heavy atom. The zero-order chi connectivity index (χ0) is 25.9. The van der Waals surface area contributed by atoms with Gasteiger partial charge in [-0.1, -0.05) is 117 Å². The molecule has 0 aliphatic heterocycles. The first-order valence-corrected chi connectivity index (χ1v) is 13.6. The van der Waals surface area contributed by atoms with Crippen LogP contribution in [0.15, 0.2) is 121 Å². The molecule has 0 amide bonds. The van der Waals surface area contributed by atoms with E-state index in [0.29, 0.717) is 0 Å². The molecule has 6 rings (SSSR count). The molecule has 186 valence electrons. The van der Waals surface area contributed by atoms with E-state index in [1.54, 1.807) is 0 Å². The monoisotopic (exact) mass is 492 g/mol. The van der Waals surface area contributed by atoms with Gasteiger partial charge in [-0.15, -0.1) is 0 Å². The van der Waals surface area contributed by atoms with Gasteiger partial charge in [0.05, 0.1) is 17.4 Å². The maximum Gasteiger partial charge on any atom is 0.0946 e. The third-order valence-electron chi connectivity index (χ3n) is 7.53. The van der Waals surface area contributed by atoms with Crippen molar-refractivity contribution >= 4 is 27.2 Å². The van der Waals surface area contributed by atoms with Gasteiger partial charge in [-0.25, -0.2) is 0 Å². The molecule has 1 aromatic heterocycles. The number of nitrogens with one attached hydrogen (secondary N) is 1. The summed E-state index contributed by atoms with van der Waals surface area (Å²) < 4.78 is 0. The summed E-state index contributed by atoms with van der Waals surface area (Å²) >= 11 is 0. The first kappa shape index (κ1) is 23.9. The Kier molecular flexibility index (Phi) is 6.62. The number of aryl methyl sites for hydroxylation is 2. The number of anilines is 1. The Labute approximate surface area is 225 Å². The predicted molar refractivity (Wildman–Crippen MR) is 162 cm³/mol. The van der Waals surface area contributed by atoms with Gasteiger partial charge in [0.2, 0.25) is 0 Å². The molecule has 0 saturated carbocycles. The molecule has 5 aromatic carbocycles. The fraction of sp³-hybridized carbons (Fsp3) is 0.139. The SMILES string of the molecule is CCc1cccc(CC)c1NC(c1cccc(-c2ccccc2)n1)c1cc2ccccc2c2ccccc12. The number of rotatable bonds is 7. The van der Waals surface area contributed by atoms with Crippen LogP contribution in [0.1, 0.15) is 42.3 Å². The minimum atomic E-state index is -0.119. The van der Waals surface area contributed by atoms with E-state index >= 15 is 0 Å². The van der Waals surface area contributed by atoms with Crippen LogP contribution < -0.4 is 5.32 Å². The average Bonchev–Trinajstić information content (AvgIpc) is 3.00. The number of nitrogens with zero attached hydrogens (tertiary/aromatic N) is 1. The second kappa shape index (κ2) is 10.5. The van der Waals surface area contributed by atoms with E-state index in [2.05, 4.69) is 134 Å². The van der Waals surface area contributed by atoms with E-state index in [1.165, 1.54) is 43.9 Å². The van der Waals surface area contributed by atoms with Crippen molar-refractivity contribution in [2.45, 2.75) is 32.7 Å². The number of para-hydroxylation sites is 1. The van der Waals surface area contributed by atoms with Gasteiger partial charge in [0.25, 0.3) is 0 Å². The van der Waals surface area contributed by atoms with Gasteiger partial charge in [0.15, 0.2) is 0 Å². The van der Waals surface area contributed by atoms with Crippen LogP contribution in [0.5, 0.6) is 0 Å². The first-order valence-electron chi connectivity index (χ1n) is 13.6. The van der Waals surface area contributed by atoms with E-state index in [1.807, 2.05) is 6.07 Å². The van der Waals surface area contributed by atoms with E-state index in [-0.39, 0.29) is 6.04 Å². The lowest BCUT2D eigenvalue weighted by Gasteiger charge is -2.26. The molecule has 0 spiro atoms. The molecule has 1 unspecified atom stereocenters. The summed E-state index contributed by atoms with van der Waals surface area (Å²) in [5.74, 6) is 0. The molecule has 0 aliphatic rings. The van der Waals surface area contributed by atoms with Crippen LogP contribution in [0, 0.1) is 0 Å². The van der Waals surface area contributed by atoms with Gasteiger partial charge in [-0.3, -0.25) is 4.98 Å². The summed E-state index contributed by atoms with van der Waals surface area (Å²) in [7, 11) is 0. The number of benzene rings is 5. The van der Waals surface area contributed by atoms with E-state index in [4.69, 9.17) is 4.98 Å². The van der Waals surface area contributed by atoms with Gasteiger partial charge < -0.3 is 5.32 Å². The molecule has 2 heteroatoms. The molecule has 38 heavy (non-hydrogen) atoms. The van der Waals surface area contributed by atoms with Gasteiger partial charge in [-0.05, 0) is 69.3 Å². The Balaban J connectivity index is 1.61. The van der Waals surface area contributed by atoms with Crippen molar-refractivity contribution in [2.24, 2.45) is 0 Å². The number of aromatic nitrogens is 1. The van der Waals surface area contributed by atoms with Crippen molar-refractivity contribution in [1.29, 1.82) is 0 Å². The summed E-state index contributed by atoms with van der Waals surface area (Å²) in [4.78, 5) is 5.25. The standard InChI is InChI=1S/C36H32N2/c1-3-25-17-12-18-26(4-2)35(25)38-36(34-23-13-22-33(37-34)27-14-6-5-7-15-27)32-24-28-16-8-9-19-29(28)30-20-10-11-21-31(30)32/h5-24,36,38H,3-4H2,1-2H3. The van der Waals surface area contributed by atoms with E-state index in [9.17, 15) is 0 Å². The van der Waals surface area contributed by atoms with E-state index in [0.717, 1.165) is 29.8 Å². The summed E-state index contributed by atoms with van der Waals surface area (Å²) in [5.41, 5.74) is 8.26. The third-order valence-corrected chi connectivity index (χ3v) is 7.53. The lowest BCUT2D eigenvalue weighted by molar-refractivity contribution is 0.887. The van der Waals surface area contributed by atoms with Crippen LogP contribution in [0.2, 0.25) is 0 Å².